The predicted octanol–water partition coefficient (Wildman–Crippen LogP) is 2.37. The minimum absolute atomic E-state index is 0.452. The normalized spacial score (nSPS) is 13.4. The number of halogens is 1. The van der Waals surface area contributed by atoms with E-state index in [9.17, 15) is 5.11 Å². The first-order chi connectivity index (χ1) is 7.56. The zero-order valence-corrected chi connectivity index (χ0v) is 11.6. The van der Waals surface area contributed by atoms with Gasteiger partial charge in [0.2, 0.25) is 0 Å². The van der Waals surface area contributed by atoms with Gasteiger partial charge < -0.3 is 9.84 Å². The molecule has 0 aromatic carbocycles. The Morgan fingerprint density at radius 1 is 1.56 bits per heavy atom. The van der Waals surface area contributed by atoms with Crippen LogP contribution in [0.1, 0.15) is 32.1 Å². The topological polar surface area (TPSA) is 47.3 Å². The van der Waals surface area contributed by atoms with E-state index in [1.54, 1.807) is 18.0 Å². The van der Waals surface area contributed by atoms with Crippen molar-refractivity contribution in [3.8, 4) is 0 Å². The molecule has 0 amide bonds. The third-order valence-electron chi connectivity index (χ3n) is 2.35. The highest BCUT2D eigenvalue weighted by molar-refractivity contribution is 9.10. The van der Waals surface area contributed by atoms with Crippen molar-refractivity contribution in [2.75, 3.05) is 13.7 Å². The lowest BCUT2D eigenvalue weighted by Crippen LogP contribution is -2.14. The van der Waals surface area contributed by atoms with Crippen molar-refractivity contribution in [3.05, 3.63) is 16.4 Å². The minimum atomic E-state index is -0.478. The molecule has 1 aromatic heterocycles. The molecule has 0 fully saturated rings. The number of aliphatic hydroxyl groups is 1. The number of nitrogens with zero attached hydrogens (tertiary/aromatic N) is 2. The number of ether oxygens (including phenoxy) is 1. The Morgan fingerprint density at radius 3 is 2.81 bits per heavy atom. The van der Waals surface area contributed by atoms with Gasteiger partial charge in [-0.1, -0.05) is 13.8 Å². The van der Waals surface area contributed by atoms with Gasteiger partial charge in [-0.2, -0.15) is 5.10 Å². The standard InChI is InChI=1S/C11H19BrN2O2/c1-8(2)6-10(15)11-9(12)7-13-14(11)4-5-16-3/h7-8,10,15H,4-6H2,1-3H3. The van der Waals surface area contributed by atoms with E-state index in [2.05, 4.69) is 34.9 Å². The van der Waals surface area contributed by atoms with E-state index in [1.807, 2.05) is 0 Å². The lowest BCUT2D eigenvalue weighted by Gasteiger charge is -2.15. The fourth-order valence-electron chi connectivity index (χ4n) is 1.62. The summed E-state index contributed by atoms with van der Waals surface area (Å²) in [7, 11) is 1.66. The van der Waals surface area contributed by atoms with Gasteiger partial charge in [0.15, 0.2) is 0 Å². The maximum Gasteiger partial charge on any atom is 0.0970 e. The first-order valence-electron chi connectivity index (χ1n) is 5.44. The number of hydrogen-bond donors (Lipinski definition) is 1. The fourth-order valence-corrected chi connectivity index (χ4v) is 2.18. The van der Waals surface area contributed by atoms with Crippen molar-refractivity contribution in [3.63, 3.8) is 0 Å². The van der Waals surface area contributed by atoms with E-state index in [4.69, 9.17) is 4.74 Å². The maximum absolute atomic E-state index is 10.1. The van der Waals surface area contributed by atoms with Crippen LogP contribution >= 0.6 is 15.9 Å². The van der Waals surface area contributed by atoms with Gasteiger partial charge in [0.25, 0.3) is 0 Å². The summed E-state index contributed by atoms with van der Waals surface area (Å²) in [6, 6.07) is 0. The first kappa shape index (κ1) is 13.7. The first-order valence-corrected chi connectivity index (χ1v) is 6.23. The third-order valence-corrected chi connectivity index (χ3v) is 2.96. The summed E-state index contributed by atoms with van der Waals surface area (Å²) in [6.07, 6.45) is 1.97. The van der Waals surface area contributed by atoms with Crippen LogP contribution in [0.3, 0.4) is 0 Å². The van der Waals surface area contributed by atoms with Gasteiger partial charge in [0.1, 0.15) is 0 Å². The molecule has 0 saturated heterocycles. The number of rotatable bonds is 6. The summed E-state index contributed by atoms with van der Waals surface area (Å²) in [6.45, 7) is 5.43. The third kappa shape index (κ3) is 3.57. The summed E-state index contributed by atoms with van der Waals surface area (Å²) in [5, 5.41) is 14.3. The number of hydrogen-bond acceptors (Lipinski definition) is 3. The van der Waals surface area contributed by atoms with Gasteiger partial charge in [0, 0.05) is 7.11 Å². The second-order valence-corrected chi connectivity index (χ2v) is 5.09. The molecule has 0 spiro atoms. The van der Waals surface area contributed by atoms with Crippen LogP contribution in [0.15, 0.2) is 10.7 Å². The highest BCUT2D eigenvalue weighted by Gasteiger charge is 2.18. The molecule has 92 valence electrons. The molecule has 0 aliphatic heterocycles. The molecule has 1 aromatic rings. The zero-order chi connectivity index (χ0) is 12.1. The fraction of sp³-hybridized carbons (Fsp3) is 0.727. The van der Waals surface area contributed by atoms with Gasteiger partial charge in [-0.25, -0.2) is 0 Å². The summed E-state index contributed by atoms with van der Waals surface area (Å²) < 4.78 is 7.66. The minimum Gasteiger partial charge on any atom is -0.387 e. The monoisotopic (exact) mass is 290 g/mol. The highest BCUT2D eigenvalue weighted by Crippen LogP contribution is 2.27. The van der Waals surface area contributed by atoms with Crippen molar-refractivity contribution in [2.45, 2.75) is 32.9 Å². The Hall–Kier alpha value is -0.390. The molecule has 0 aliphatic rings. The van der Waals surface area contributed by atoms with Crippen molar-refractivity contribution in [1.82, 2.24) is 9.78 Å². The smallest absolute Gasteiger partial charge is 0.0970 e. The van der Waals surface area contributed by atoms with E-state index in [-0.39, 0.29) is 0 Å². The van der Waals surface area contributed by atoms with Crippen LogP contribution in [-0.2, 0) is 11.3 Å². The SMILES string of the molecule is COCCn1ncc(Br)c1C(O)CC(C)C. The van der Waals surface area contributed by atoms with E-state index in [0.717, 1.165) is 16.6 Å². The van der Waals surface area contributed by atoms with Crippen LogP contribution in [0.2, 0.25) is 0 Å². The molecule has 5 heteroatoms. The molecule has 16 heavy (non-hydrogen) atoms. The van der Waals surface area contributed by atoms with Crippen molar-refractivity contribution in [1.29, 1.82) is 0 Å². The molecular weight excluding hydrogens is 272 g/mol. The second-order valence-electron chi connectivity index (χ2n) is 4.24. The number of methoxy groups -OCH3 is 1. The lowest BCUT2D eigenvalue weighted by atomic mass is 10.0. The molecule has 4 nitrogen and oxygen atoms in total. The Kier molecular flexibility index (Phi) is 5.44. The molecule has 1 N–H and O–H groups in total. The predicted molar refractivity (Wildman–Crippen MR) is 66.2 cm³/mol. The molecule has 1 heterocycles. The maximum atomic E-state index is 10.1. The van der Waals surface area contributed by atoms with E-state index < -0.39 is 6.10 Å². The van der Waals surface area contributed by atoms with Crippen LogP contribution in [0.5, 0.6) is 0 Å². The zero-order valence-electron chi connectivity index (χ0n) is 9.98. The average Bonchev–Trinajstić information content (AvgIpc) is 2.55. The Balaban J connectivity index is 2.79. The largest absolute Gasteiger partial charge is 0.387 e. The van der Waals surface area contributed by atoms with Crippen LogP contribution in [0, 0.1) is 5.92 Å². The Bertz CT molecular complexity index is 326. The van der Waals surface area contributed by atoms with Crippen LogP contribution in [0.25, 0.3) is 0 Å². The van der Waals surface area contributed by atoms with Crippen molar-refractivity contribution >= 4 is 15.9 Å². The van der Waals surface area contributed by atoms with Gasteiger partial charge in [-0.3, -0.25) is 4.68 Å². The summed E-state index contributed by atoms with van der Waals surface area (Å²) in [5.74, 6) is 0.452. The quantitative estimate of drug-likeness (QED) is 0.875. The molecule has 1 unspecified atom stereocenters. The summed E-state index contributed by atoms with van der Waals surface area (Å²) >= 11 is 3.42. The average molecular weight is 291 g/mol. The molecule has 0 radical (unpaired) electrons. The van der Waals surface area contributed by atoms with Gasteiger partial charge in [-0.15, -0.1) is 0 Å². The molecule has 0 aliphatic carbocycles. The molecule has 0 saturated carbocycles. The van der Waals surface area contributed by atoms with Crippen molar-refractivity contribution in [2.24, 2.45) is 5.92 Å². The molecule has 1 atom stereocenters. The molecule has 0 bridgehead atoms. The second kappa shape index (κ2) is 6.37. The highest BCUT2D eigenvalue weighted by atomic mass is 79.9. The number of aromatic nitrogens is 2. The van der Waals surface area contributed by atoms with Crippen LogP contribution in [0.4, 0.5) is 0 Å². The lowest BCUT2D eigenvalue weighted by molar-refractivity contribution is 0.133. The van der Waals surface area contributed by atoms with Crippen molar-refractivity contribution < 1.29 is 9.84 Å². The van der Waals surface area contributed by atoms with Gasteiger partial charge in [-0.05, 0) is 28.3 Å². The van der Waals surface area contributed by atoms with Gasteiger partial charge >= 0.3 is 0 Å². The number of aliphatic hydroxyl groups excluding tert-OH is 1. The summed E-state index contributed by atoms with van der Waals surface area (Å²) in [5.41, 5.74) is 0.839. The molecular formula is C11H19BrN2O2. The summed E-state index contributed by atoms with van der Waals surface area (Å²) in [4.78, 5) is 0. The Labute approximate surface area is 105 Å². The van der Waals surface area contributed by atoms with E-state index in [0.29, 0.717) is 19.1 Å². The van der Waals surface area contributed by atoms with Gasteiger partial charge in [0.05, 0.1) is 35.6 Å². The molecule has 1 rings (SSSR count). The van der Waals surface area contributed by atoms with E-state index in [1.165, 1.54) is 0 Å². The van der Waals surface area contributed by atoms with Crippen LogP contribution < -0.4 is 0 Å². The Morgan fingerprint density at radius 2 is 2.25 bits per heavy atom. The van der Waals surface area contributed by atoms with E-state index >= 15 is 0 Å². The van der Waals surface area contributed by atoms with Crippen LogP contribution in [-0.4, -0.2) is 28.6 Å².